The van der Waals surface area contributed by atoms with Crippen LogP contribution in [0, 0.1) is 0 Å². The van der Waals surface area contributed by atoms with Crippen molar-refractivity contribution in [3.05, 3.63) is 65.7 Å². The van der Waals surface area contributed by atoms with E-state index in [0.29, 0.717) is 5.56 Å². The molecule has 0 N–H and O–H groups in total. The van der Waals surface area contributed by atoms with E-state index in [1.807, 2.05) is 30.3 Å². The van der Waals surface area contributed by atoms with E-state index >= 15 is 0 Å². The van der Waals surface area contributed by atoms with E-state index in [0.717, 1.165) is 11.3 Å². The monoisotopic (exact) mass is 311 g/mol. The van der Waals surface area contributed by atoms with Gasteiger partial charge >= 0.3 is 0 Å². The van der Waals surface area contributed by atoms with Gasteiger partial charge in [0.25, 0.3) is 0 Å². The predicted octanol–water partition coefficient (Wildman–Crippen LogP) is 3.14. The van der Waals surface area contributed by atoms with Crippen LogP contribution in [-0.4, -0.2) is 37.8 Å². The number of rotatable bonds is 6. The molecule has 2 aromatic rings. The minimum absolute atomic E-state index is 0.0402. The Morgan fingerprint density at radius 3 is 2.13 bits per heavy atom. The lowest BCUT2D eigenvalue weighted by Gasteiger charge is -2.20. The van der Waals surface area contributed by atoms with Gasteiger partial charge in [-0.05, 0) is 17.7 Å². The van der Waals surface area contributed by atoms with Gasteiger partial charge in [0.1, 0.15) is 5.75 Å². The Labute approximate surface area is 136 Å². The Morgan fingerprint density at radius 1 is 1.00 bits per heavy atom. The van der Waals surface area contributed by atoms with E-state index in [2.05, 4.69) is 0 Å². The van der Waals surface area contributed by atoms with Crippen LogP contribution in [0.5, 0.6) is 5.75 Å². The van der Waals surface area contributed by atoms with Crippen LogP contribution in [0.25, 0.3) is 0 Å². The lowest BCUT2D eigenvalue weighted by molar-refractivity contribution is -0.130. The molecule has 2 aromatic carbocycles. The van der Waals surface area contributed by atoms with Crippen molar-refractivity contribution in [2.45, 2.75) is 12.3 Å². The van der Waals surface area contributed by atoms with Crippen LogP contribution in [0.4, 0.5) is 0 Å². The molecular weight excluding hydrogens is 290 g/mol. The summed E-state index contributed by atoms with van der Waals surface area (Å²) >= 11 is 0. The zero-order valence-electron chi connectivity index (χ0n) is 13.7. The highest BCUT2D eigenvalue weighted by Gasteiger charge is 2.25. The standard InChI is InChI=1S/C19H21NO3/c1-20(2)19(22)17(14-9-11-16(23-3)12-10-14)13-18(21)15-7-5-4-6-8-15/h4-12,17H,13H2,1-3H3/t17-/m1/s1. The number of amides is 1. The van der Waals surface area contributed by atoms with Crippen molar-refractivity contribution < 1.29 is 14.3 Å². The Balaban J connectivity index is 2.27. The third-order valence-electron chi connectivity index (χ3n) is 3.74. The van der Waals surface area contributed by atoms with Gasteiger partial charge in [-0.25, -0.2) is 0 Å². The molecular formula is C19H21NO3. The molecule has 0 saturated heterocycles. The third kappa shape index (κ3) is 4.19. The molecule has 0 unspecified atom stereocenters. The van der Waals surface area contributed by atoms with Gasteiger partial charge in [-0.2, -0.15) is 0 Å². The molecule has 120 valence electrons. The Morgan fingerprint density at radius 2 is 1.61 bits per heavy atom. The summed E-state index contributed by atoms with van der Waals surface area (Å²) in [6, 6.07) is 16.3. The fourth-order valence-corrected chi connectivity index (χ4v) is 2.42. The van der Waals surface area contributed by atoms with E-state index in [4.69, 9.17) is 4.74 Å². The summed E-state index contributed by atoms with van der Waals surface area (Å²) in [5.74, 6) is 0.101. The van der Waals surface area contributed by atoms with Crippen LogP contribution in [0.2, 0.25) is 0 Å². The molecule has 0 aliphatic heterocycles. The van der Waals surface area contributed by atoms with Gasteiger partial charge < -0.3 is 9.64 Å². The second kappa shape index (κ2) is 7.58. The Bertz CT molecular complexity index is 663. The second-order valence-electron chi connectivity index (χ2n) is 5.55. The molecule has 1 atom stereocenters. The van der Waals surface area contributed by atoms with Crippen LogP contribution in [0.15, 0.2) is 54.6 Å². The van der Waals surface area contributed by atoms with Crippen molar-refractivity contribution in [3.63, 3.8) is 0 Å². The molecule has 0 aliphatic rings. The summed E-state index contributed by atoms with van der Waals surface area (Å²) in [4.78, 5) is 26.5. The van der Waals surface area contributed by atoms with Gasteiger partial charge in [0.05, 0.1) is 13.0 Å². The van der Waals surface area contributed by atoms with E-state index < -0.39 is 5.92 Å². The van der Waals surface area contributed by atoms with Gasteiger partial charge in [0.2, 0.25) is 5.91 Å². The lowest BCUT2D eigenvalue weighted by Crippen LogP contribution is -2.29. The number of carbonyl (C=O) groups excluding carboxylic acids is 2. The third-order valence-corrected chi connectivity index (χ3v) is 3.74. The first kappa shape index (κ1) is 16.7. The molecule has 0 fully saturated rings. The van der Waals surface area contributed by atoms with E-state index in [1.54, 1.807) is 45.5 Å². The number of ether oxygens (including phenoxy) is 1. The number of ketones is 1. The van der Waals surface area contributed by atoms with Gasteiger partial charge in [0.15, 0.2) is 5.78 Å². The van der Waals surface area contributed by atoms with Gasteiger partial charge in [-0.3, -0.25) is 9.59 Å². The number of carbonyl (C=O) groups is 2. The fraction of sp³-hybridized carbons (Fsp3) is 0.263. The summed E-state index contributed by atoms with van der Waals surface area (Å²) in [5, 5.41) is 0. The zero-order chi connectivity index (χ0) is 16.8. The summed E-state index contributed by atoms with van der Waals surface area (Å²) in [5.41, 5.74) is 1.44. The summed E-state index contributed by atoms with van der Waals surface area (Å²) in [6.45, 7) is 0. The van der Waals surface area contributed by atoms with Gasteiger partial charge in [-0.1, -0.05) is 42.5 Å². The molecule has 0 radical (unpaired) electrons. The molecule has 4 nitrogen and oxygen atoms in total. The summed E-state index contributed by atoms with van der Waals surface area (Å²) in [7, 11) is 4.99. The topological polar surface area (TPSA) is 46.6 Å². The van der Waals surface area contributed by atoms with Gasteiger partial charge in [0, 0.05) is 26.1 Å². The minimum atomic E-state index is -0.497. The maximum Gasteiger partial charge on any atom is 0.230 e. The first-order valence-corrected chi connectivity index (χ1v) is 7.46. The molecule has 0 aromatic heterocycles. The van der Waals surface area contributed by atoms with Crippen molar-refractivity contribution in [3.8, 4) is 5.75 Å². The molecule has 2 rings (SSSR count). The van der Waals surface area contributed by atoms with Crippen molar-refractivity contribution in [2.75, 3.05) is 21.2 Å². The van der Waals surface area contributed by atoms with Crippen LogP contribution >= 0.6 is 0 Å². The number of Topliss-reactive ketones (excluding diaryl/α,β-unsaturated/α-hetero) is 1. The van der Waals surface area contributed by atoms with Crippen LogP contribution in [-0.2, 0) is 4.79 Å². The van der Waals surface area contributed by atoms with Crippen LogP contribution in [0.3, 0.4) is 0 Å². The molecule has 0 spiro atoms. The van der Waals surface area contributed by atoms with Crippen molar-refractivity contribution in [1.82, 2.24) is 4.90 Å². The number of nitrogens with zero attached hydrogens (tertiary/aromatic N) is 1. The average Bonchev–Trinajstić information content (AvgIpc) is 2.59. The van der Waals surface area contributed by atoms with Crippen molar-refractivity contribution >= 4 is 11.7 Å². The quantitative estimate of drug-likeness (QED) is 0.770. The van der Waals surface area contributed by atoms with Crippen LogP contribution in [0.1, 0.15) is 28.3 Å². The Hall–Kier alpha value is -2.62. The Kier molecular flexibility index (Phi) is 5.52. The highest BCUT2D eigenvalue weighted by Crippen LogP contribution is 2.25. The zero-order valence-corrected chi connectivity index (χ0v) is 13.7. The molecule has 0 heterocycles. The molecule has 1 amide bonds. The smallest absolute Gasteiger partial charge is 0.230 e. The van der Waals surface area contributed by atoms with Crippen molar-refractivity contribution in [1.29, 1.82) is 0 Å². The fourth-order valence-electron chi connectivity index (χ4n) is 2.42. The van der Waals surface area contributed by atoms with E-state index in [9.17, 15) is 9.59 Å². The number of likely N-dealkylation sites (N-methyl/N-ethyl adjacent to an activating group) is 1. The number of hydrogen-bond donors (Lipinski definition) is 0. The number of hydrogen-bond acceptors (Lipinski definition) is 3. The molecule has 23 heavy (non-hydrogen) atoms. The van der Waals surface area contributed by atoms with Gasteiger partial charge in [-0.15, -0.1) is 0 Å². The summed E-state index contributed by atoms with van der Waals surface area (Å²) < 4.78 is 5.14. The largest absolute Gasteiger partial charge is 0.497 e. The van der Waals surface area contributed by atoms with Crippen LogP contribution < -0.4 is 4.74 Å². The lowest BCUT2D eigenvalue weighted by atomic mass is 9.90. The second-order valence-corrected chi connectivity index (χ2v) is 5.55. The highest BCUT2D eigenvalue weighted by atomic mass is 16.5. The number of benzene rings is 2. The first-order valence-electron chi connectivity index (χ1n) is 7.46. The first-order chi connectivity index (χ1) is 11.0. The summed E-state index contributed by atoms with van der Waals surface area (Å²) in [6.07, 6.45) is 0.146. The highest BCUT2D eigenvalue weighted by molar-refractivity contribution is 6.00. The molecule has 4 heteroatoms. The van der Waals surface area contributed by atoms with Crippen molar-refractivity contribution in [2.24, 2.45) is 0 Å². The maximum atomic E-state index is 12.5. The SMILES string of the molecule is COc1ccc([C@@H](CC(=O)c2ccccc2)C(=O)N(C)C)cc1. The average molecular weight is 311 g/mol. The minimum Gasteiger partial charge on any atom is -0.497 e. The normalized spacial score (nSPS) is 11.6. The predicted molar refractivity (Wildman–Crippen MR) is 89.8 cm³/mol. The molecule has 0 bridgehead atoms. The van der Waals surface area contributed by atoms with E-state index in [-0.39, 0.29) is 18.1 Å². The maximum absolute atomic E-state index is 12.5. The molecule has 0 aliphatic carbocycles. The molecule has 0 saturated carbocycles. The number of methoxy groups -OCH3 is 1. The van der Waals surface area contributed by atoms with E-state index in [1.165, 1.54) is 4.90 Å².